The molecule has 82 valence electrons. The van der Waals surface area contributed by atoms with Crippen molar-refractivity contribution in [2.45, 2.75) is 6.92 Å². The van der Waals surface area contributed by atoms with E-state index in [2.05, 4.69) is 10.6 Å². The van der Waals surface area contributed by atoms with E-state index in [1.54, 1.807) is 19.1 Å². The van der Waals surface area contributed by atoms with Crippen molar-refractivity contribution in [1.29, 1.82) is 0 Å². The van der Waals surface area contributed by atoms with Gasteiger partial charge in [-0.3, -0.25) is 0 Å². The number of urea groups is 1. The van der Waals surface area contributed by atoms with E-state index in [0.29, 0.717) is 11.3 Å². The van der Waals surface area contributed by atoms with Gasteiger partial charge in [0.05, 0.1) is 6.61 Å². The molecule has 0 spiro atoms. The van der Waals surface area contributed by atoms with Crippen LogP contribution in [-0.4, -0.2) is 24.3 Å². The minimum atomic E-state index is -0.465. The maximum absolute atomic E-state index is 13.1. The Kier molecular flexibility index (Phi) is 4.05. The molecule has 0 aliphatic rings. The van der Waals surface area contributed by atoms with Crippen LogP contribution >= 0.6 is 0 Å². The van der Waals surface area contributed by atoms with E-state index in [4.69, 9.17) is 5.11 Å². The molecule has 0 bridgehead atoms. The molecule has 1 rings (SSSR count). The summed E-state index contributed by atoms with van der Waals surface area (Å²) >= 11 is 0. The maximum atomic E-state index is 13.1. The Morgan fingerprint density at radius 3 is 2.87 bits per heavy atom. The third kappa shape index (κ3) is 3.55. The van der Waals surface area contributed by atoms with Crippen molar-refractivity contribution < 1.29 is 14.3 Å². The minimum Gasteiger partial charge on any atom is -0.395 e. The van der Waals surface area contributed by atoms with Gasteiger partial charge in [-0.05, 0) is 24.6 Å². The maximum Gasteiger partial charge on any atom is 0.319 e. The highest BCUT2D eigenvalue weighted by Gasteiger charge is 2.02. The van der Waals surface area contributed by atoms with Crippen molar-refractivity contribution in [3.63, 3.8) is 0 Å². The SMILES string of the molecule is Cc1ccc(NC(=O)NCCO)cc1F. The van der Waals surface area contributed by atoms with E-state index in [9.17, 15) is 9.18 Å². The van der Waals surface area contributed by atoms with Gasteiger partial charge in [0, 0.05) is 12.2 Å². The second kappa shape index (κ2) is 5.31. The van der Waals surface area contributed by atoms with E-state index in [-0.39, 0.29) is 19.0 Å². The zero-order valence-electron chi connectivity index (χ0n) is 8.38. The van der Waals surface area contributed by atoms with Crippen LogP contribution in [0.15, 0.2) is 18.2 Å². The second-order valence-electron chi connectivity index (χ2n) is 3.07. The average molecular weight is 212 g/mol. The molecule has 1 aromatic rings. The first-order chi connectivity index (χ1) is 7.13. The van der Waals surface area contributed by atoms with E-state index >= 15 is 0 Å². The fourth-order valence-electron chi connectivity index (χ4n) is 1.02. The fourth-order valence-corrected chi connectivity index (χ4v) is 1.02. The van der Waals surface area contributed by atoms with Gasteiger partial charge in [0.25, 0.3) is 0 Å². The predicted molar refractivity (Wildman–Crippen MR) is 55.2 cm³/mol. The topological polar surface area (TPSA) is 61.4 Å². The number of nitrogens with one attached hydrogen (secondary N) is 2. The molecule has 3 N–H and O–H groups in total. The van der Waals surface area contributed by atoms with E-state index < -0.39 is 6.03 Å². The van der Waals surface area contributed by atoms with Crippen molar-refractivity contribution in [3.05, 3.63) is 29.6 Å². The summed E-state index contributed by atoms with van der Waals surface area (Å²) in [5.74, 6) is -0.366. The molecule has 5 heteroatoms. The van der Waals surface area contributed by atoms with Gasteiger partial charge in [-0.15, -0.1) is 0 Å². The summed E-state index contributed by atoms with van der Waals surface area (Å²) in [6.45, 7) is 1.68. The van der Waals surface area contributed by atoms with Gasteiger partial charge in [0.2, 0.25) is 0 Å². The van der Waals surface area contributed by atoms with Gasteiger partial charge in [0.15, 0.2) is 0 Å². The molecule has 1 aromatic carbocycles. The number of aryl methyl sites for hydroxylation is 1. The third-order valence-electron chi connectivity index (χ3n) is 1.83. The Morgan fingerprint density at radius 1 is 1.53 bits per heavy atom. The van der Waals surface area contributed by atoms with Crippen LogP contribution in [0.3, 0.4) is 0 Å². The Hall–Kier alpha value is -1.62. The molecule has 0 atom stereocenters. The predicted octanol–water partition coefficient (Wildman–Crippen LogP) is 1.25. The van der Waals surface area contributed by atoms with Crippen LogP contribution < -0.4 is 10.6 Å². The van der Waals surface area contributed by atoms with Crippen LogP contribution in [0, 0.1) is 12.7 Å². The van der Waals surface area contributed by atoms with Crippen LogP contribution in [0.5, 0.6) is 0 Å². The summed E-state index contributed by atoms with van der Waals surface area (Å²) < 4.78 is 13.1. The van der Waals surface area contributed by atoms with E-state index in [0.717, 1.165) is 0 Å². The summed E-state index contributed by atoms with van der Waals surface area (Å²) in [5.41, 5.74) is 0.907. The smallest absolute Gasteiger partial charge is 0.319 e. The van der Waals surface area contributed by atoms with Gasteiger partial charge >= 0.3 is 6.03 Å². The zero-order chi connectivity index (χ0) is 11.3. The van der Waals surface area contributed by atoms with Crippen molar-refractivity contribution in [3.8, 4) is 0 Å². The normalized spacial score (nSPS) is 9.80. The van der Waals surface area contributed by atoms with E-state index in [1.807, 2.05) is 0 Å². The molecular formula is C10H13FN2O2. The highest BCUT2D eigenvalue weighted by molar-refractivity contribution is 5.89. The molecule has 0 heterocycles. The van der Waals surface area contributed by atoms with Crippen molar-refractivity contribution in [2.24, 2.45) is 0 Å². The van der Waals surface area contributed by atoms with Gasteiger partial charge in [-0.25, -0.2) is 9.18 Å². The largest absolute Gasteiger partial charge is 0.395 e. The highest BCUT2D eigenvalue weighted by Crippen LogP contribution is 2.13. The number of hydrogen-bond acceptors (Lipinski definition) is 2. The standard InChI is InChI=1S/C10H13FN2O2/c1-7-2-3-8(6-9(7)11)13-10(15)12-4-5-14/h2-3,6,14H,4-5H2,1H3,(H2,12,13,15). The van der Waals surface area contributed by atoms with Crippen LogP contribution in [0.2, 0.25) is 0 Å². The lowest BCUT2D eigenvalue weighted by Gasteiger charge is -2.06. The lowest BCUT2D eigenvalue weighted by atomic mass is 10.2. The average Bonchev–Trinajstić information content (AvgIpc) is 2.20. The first-order valence-electron chi connectivity index (χ1n) is 4.55. The van der Waals surface area contributed by atoms with Crippen molar-refractivity contribution in [2.75, 3.05) is 18.5 Å². The number of aliphatic hydroxyl groups is 1. The zero-order valence-corrected chi connectivity index (χ0v) is 8.38. The molecule has 0 saturated heterocycles. The fraction of sp³-hybridized carbons (Fsp3) is 0.300. The summed E-state index contributed by atoms with van der Waals surface area (Å²) in [7, 11) is 0. The minimum absolute atomic E-state index is 0.129. The van der Waals surface area contributed by atoms with Crippen LogP contribution in [0.4, 0.5) is 14.9 Å². The highest BCUT2D eigenvalue weighted by atomic mass is 19.1. The molecule has 0 aromatic heterocycles. The first kappa shape index (κ1) is 11.5. The molecule has 0 aliphatic heterocycles. The Morgan fingerprint density at radius 2 is 2.27 bits per heavy atom. The molecule has 0 aliphatic carbocycles. The monoisotopic (exact) mass is 212 g/mol. The summed E-state index contributed by atoms with van der Waals surface area (Å²) in [6.07, 6.45) is 0. The molecule has 0 fully saturated rings. The number of halogens is 1. The summed E-state index contributed by atoms with van der Waals surface area (Å²) in [6, 6.07) is 3.97. The number of amides is 2. The lowest BCUT2D eigenvalue weighted by Crippen LogP contribution is -2.30. The summed E-state index contributed by atoms with van der Waals surface area (Å²) in [5, 5.41) is 13.3. The van der Waals surface area contributed by atoms with Gasteiger partial charge in [0.1, 0.15) is 5.82 Å². The molecule has 15 heavy (non-hydrogen) atoms. The molecule has 0 unspecified atom stereocenters. The number of hydrogen-bond donors (Lipinski definition) is 3. The van der Waals surface area contributed by atoms with Crippen molar-refractivity contribution >= 4 is 11.7 Å². The number of anilines is 1. The lowest BCUT2D eigenvalue weighted by molar-refractivity contribution is 0.245. The Bertz CT molecular complexity index is 355. The van der Waals surface area contributed by atoms with Crippen molar-refractivity contribution in [1.82, 2.24) is 5.32 Å². The molecule has 0 saturated carbocycles. The van der Waals surface area contributed by atoms with Crippen LogP contribution in [-0.2, 0) is 0 Å². The number of aliphatic hydroxyl groups excluding tert-OH is 1. The van der Waals surface area contributed by atoms with Gasteiger partial charge in [-0.1, -0.05) is 6.07 Å². The van der Waals surface area contributed by atoms with E-state index in [1.165, 1.54) is 6.07 Å². The Labute approximate surface area is 87.1 Å². The van der Waals surface area contributed by atoms with Crippen LogP contribution in [0.1, 0.15) is 5.56 Å². The molecule has 2 amide bonds. The third-order valence-corrected chi connectivity index (χ3v) is 1.83. The number of benzene rings is 1. The molecular weight excluding hydrogens is 199 g/mol. The quantitative estimate of drug-likeness (QED) is 0.706. The number of rotatable bonds is 3. The number of carbonyl (C=O) groups is 1. The first-order valence-corrected chi connectivity index (χ1v) is 4.55. The van der Waals surface area contributed by atoms with Crippen LogP contribution in [0.25, 0.3) is 0 Å². The second-order valence-corrected chi connectivity index (χ2v) is 3.07. The summed E-state index contributed by atoms with van der Waals surface area (Å²) in [4.78, 5) is 11.1. The number of carbonyl (C=O) groups excluding carboxylic acids is 1. The van der Waals surface area contributed by atoms with Gasteiger partial charge < -0.3 is 15.7 Å². The molecule has 4 nitrogen and oxygen atoms in total. The Balaban J connectivity index is 2.57. The molecule has 0 radical (unpaired) electrons. The van der Waals surface area contributed by atoms with Gasteiger partial charge in [-0.2, -0.15) is 0 Å².